The summed E-state index contributed by atoms with van der Waals surface area (Å²) in [5.41, 5.74) is 3.68. The van der Waals surface area contributed by atoms with Gasteiger partial charge in [-0.05, 0) is 82.3 Å². The summed E-state index contributed by atoms with van der Waals surface area (Å²) in [7, 11) is 3.64. The number of amides is 2. The maximum absolute atomic E-state index is 13.7. The molecule has 1 saturated heterocycles. The van der Waals surface area contributed by atoms with Crippen molar-refractivity contribution < 1.29 is 19.1 Å². The predicted molar refractivity (Wildman–Crippen MR) is 157 cm³/mol. The quantitative estimate of drug-likeness (QED) is 0.366. The molecule has 3 aromatic heterocycles. The number of imidazole rings is 1. The van der Waals surface area contributed by atoms with Crippen molar-refractivity contribution in [3.8, 4) is 11.5 Å². The Balaban J connectivity index is 1.26. The lowest BCUT2D eigenvalue weighted by Crippen LogP contribution is -2.57. The number of fused-ring (bicyclic) bond motifs is 2. The Kier molecular flexibility index (Phi) is 6.97. The highest BCUT2D eigenvalue weighted by molar-refractivity contribution is 5.98. The topological polar surface area (TPSA) is 104 Å². The number of carbonyl (C=O) groups is 2. The van der Waals surface area contributed by atoms with Crippen molar-refractivity contribution in [2.24, 2.45) is 13.0 Å². The van der Waals surface area contributed by atoms with E-state index in [1.807, 2.05) is 58.3 Å². The summed E-state index contributed by atoms with van der Waals surface area (Å²) in [6.07, 6.45) is 4.22. The van der Waals surface area contributed by atoms with E-state index in [9.17, 15) is 9.59 Å². The van der Waals surface area contributed by atoms with Gasteiger partial charge in [0.1, 0.15) is 11.2 Å². The summed E-state index contributed by atoms with van der Waals surface area (Å²) in [6, 6.07) is 11.5. The molecule has 41 heavy (non-hydrogen) atoms. The number of hydrogen-bond acceptors (Lipinski definition) is 6. The Labute approximate surface area is 239 Å². The van der Waals surface area contributed by atoms with E-state index in [4.69, 9.17) is 14.5 Å². The van der Waals surface area contributed by atoms with Crippen LogP contribution in [0.15, 0.2) is 42.6 Å². The van der Waals surface area contributed by atoms with E-state index in [-0.39, 0.29) is 18.1 Å². The summed E-state index contributed by atoms with van der Waals surface area (Å²) >= 11 is 0. The molecule has 10 nitrogen and oxygen atoms in total. The van der Waals surface area contributed by atoms with Gasteiger partial charge in [-0.3, -0.25) is 4.79 Å². The van der Waals surface area contributed by atoms with Gasteiger partial charge in [-0.15, -0.1) is 0 Å². The molecule has 1 N–H and O–H groups in total. The zero-order chi connectivity index (χ0) is 28.9. The molecule has 1 aromatic carbocycles. The average Bonchev–Trinajstić information content (AvgIpc) is 3.60. The van der Waals surface area contributed by atoms with Gasteiger partial charge < -0.3 is 28.8 Å². The van der Waals surface area contributed by atoms with E-state index in [0.717, 1.165) is 40.1 Å². The molecule has 2 amide bonds. The molecule has 6 rings (SSSR count). The Bertz CT molecular complexity index is 1610. The number of aromatic nitrogens is 4. The number of rotatable bonds is 6. The number of methoxy groups -OCH3 is 1. The van der Waals surface area contributed by atoms with E-state index in [1.54, 1.807) is 12.0 Å². The molecule has 1 aliphatic carbocycles. The summed E-state index contributed by atoms with van der Waals surface area (Å²) in [5, 5.41) is 4.00. The number of pyridine rings is 1. The van der Waals surface area contributed by atoms with E-state index in [2.05, 4.69) is 31.6 Å². The molecule has 4 heterocycles. The Morgan fingerprint density at radius 3 is 2.66 bits per heavy atom. The molecule has 2 aliphatic rings. The molecule has 0 bridgehead atoms. The highest BCUT2D eigenvalue weighted by Gasteiger charge is 2.34. The third-order valence-electron chi connectivity index (χ3n) is 7.99. The fraction of sp³-hybridized carbons (Fsp3) is 0.484. The van der Waals surface area contributed by atoms with Crippen molar-refractivity contribution in [2.45, 2.75) is 64.3 Å². The Morgan fingerprint density at radius 2 is 1.93 bits per heavy atom. The van der Waals surface area contributed by atoms with Crippen LogP contribution in [-0.4, -0.2) is 73.9 Å². The van der Waals surface area contributed by atoms with Gasteiger partial charge in [0.15, 0.2) is 5.82 Å². The van der Waals surface area contributed by atoms with Crippen LogP contribution < -0.4 is 5.32 Å². The second kappa shape index (κ2) is 10.5. The summed E-state index contributed by atoms with van der Waals surface area (Å²) in [5.74, 6) is 1.43. The monoisotopic (exact) mass is 558 g/mol. The van der Waals surface area contributed by atoms with E-state index in [1.165, 1.54) is 12.8 Å². The molecule has 216 valence electrons. The number of nitrogens with zero attached hydrogens (tertiary/aromatic N) is 5. The second-order valence-corrected chi connectivity index (χ2v) is 12.3. The second-order valence-electron chi connectivity index (χ2n) is 12.3. The molecule has 1 aliphatic heterocycles. The number of carbonyl (C=O) groups excluding carboxylic acids is 2. The minimum absolute atomic E-state index is 0.100. The minimum Gasteiger partial charge on any atom is -0.444 e. The van der Waals surface area contributed by atoms with Gasteiger partial charge in [-0.1, -0.05) is 0 Å². The summed E-state index contributed by atoms with van der Waals surface area (Å²) in [6.45, 7) is 7.25. The molecule has 0 spiro atoms. The lowest BCUT2D eigenvalue weighted by Gasteiger charge is -2.38. The summed E-state index contributed by atoms with van der Waals surface area (Å²) in [4.78, 5) is 37.6. The highest BCUT2D eigenvalue weighted by atomic mass is 16.6. The summed E-state index contributed by atoms with van der Waals surface area (Å²) < 4.78 is 15.4. The van der Waals surface area contributed by atoms with Crippen molar-refractivity contribution in [1.29, 1.82) is 0 Å². The van der Waals surface area contributed by atoms with Gasteiger partial charge in [0.2, 0.25) is 0 Å². The number of aryl methyl sites for hydroxylation is 1. The van der Waals surface area contributed by atoms with Crippen LogP contribution in [0.5, 0.6) is 0 Å². The van der Waals surface area contributed by atoms with Crippen LogP contribution in [0.4, 0.5) is 4.79 Å². The van der Waals surface area contributed by atoms with Gasteiger partial charge in [-0.25, -0.2) is 14.8 Å². The average molecular weight is 559 g/mol. The van der Waals surface area contributed by atoms with Gasteiger partial charge in [0, 0.05) is 50.9 Å². The number of alkyl carbamates (subject to hydrolysis) is 1. The minimum atomic E-state index is -0.615. The van der Waals surface area contributed by atoms with Crippen LogP contribution in [0, 0.1) is 5.92 Å². The first kappa shape index (κ1) is 27.3. The van der Waals surface area contributed by atoms with Gasteiger partial charge in [0.05, 0.1) is 28.9 Å². The molecule has 10 heteroatoms. The first-order valence-corrected chi connectivity index (χ1v) is 14.3. The maximum Gasteiger partial charge on any atom is 0.408 e. The van der Waals surface area contributed by atoms with E-state index in [0.29, 0.717) is 31.0 Å². The molecule has 0 unspecified atom stereocenters. The molecular formula is C31H38N6O4. The van der Waals surface area contributed by atoms with Crippen molar-refractivity contribution in [1.82, 2.24) is 29.3 Å². The zero-order valence-electron chi connectivity index (χ0n) is 24.4. The van der Waals surface area contributed by atoms with Crippen LogP contribution in [0.2, 0.25) is 0 Å². The standard InChI is InChI=1S/C31H38N6O4/c1-31(2,3)41-30(39)34-23-18-36(14-12-26(23)40-5)29(38)21-10-11-24-22(15-21)33-28(35(24)4)25-16-20-7-6-13-32-27(20)37(25)17-19-8-9-19/h6-7,10-11,13,15-16,19,23,26H,8-9,12,14,17-18H2,1-5H3,(H,34,39)/t23-,26+/m0/s1. The molecule has 1 saturated carbocycles. The third-order valence-corrected chi connectivity index (χ3v) is 7.99. The molecule has 4 aromatic rings. The van der Waals surface area contributed by atoms with Crippen LogP contribution in [-0.2, 0) is 23.1 Å². The first-order chi connectivity index (χ1) is 19.6. The number of ether oxygens (including phenoxy) is 2. The normalized spacial score (nSPS) is 19.6. The van der Waals surface area contributed by atoms with Crippen LogP contribution >= 0.6 is 0 Å². The lowest BCUT2D eigenvalue weighted by molar-refractivity contribution is 0.00320. The van der Waals surface area contributed by atoms with Gasteiger partial charge >= 0.3 is 6.09 Å². The van der Waals surface area contributed by atoms with Crippen LogP contribution in [0.25, 0.3) is 33.6 Å². The van der Waals surface area contributed by atoms with Crippen molar-refractivity contribution >= 4 is 34.1 Å². The fourth-order valence-corrected chi connectivity index (χ4v) is 5.75. The predicted octanol–water partition coefficient (Wildman–Crippen LogP) is 4.75. The number of likely N-dealkylation sites (tertiary alicyclic amines) is 1. The van der Waals surface area contributed by atoms with Crippen molar-refractivity contribution in [3.63, 3.8) is 0 Å². The Morgan fingerprint density at radius 1 is 1.12 bits per heavy atom. The molecule has 2 fully saturated rings. The zero-order valence-corrected chi connectivity index (χ0v) is 24.4. The lowest BCUT2D eigenvalue weighted by atomic mass is 10.0. The first-order valence-electron chi connectivity index (χ1n) is 14.3. The Hall–Kier alpha value is -3.92. The molecule has 2 atom stereocenters. The highest BCUT2D eigenvalue weighted by Crippen LogP contribution is 2.36. The SMILES string of the molecule is CO[C@@H]1CCN(C(=O)c2ccc3c(c2)nc(-c2cc4cccnc4n2CC2CC2)n3C)C[C@@H]1NC(=O)OC(C)(C)C. The van der Waals surface area contributed by atoms with Crippen molar-refractivity contribution in [3.05, 3.63) is 48.2 Å². The number of benzene rings is 1. The van der Waals surface area contributed by atoms with Gasteiger partial charge in [-0.2, -0.15) is 0 Å². The fourth-order valence-electron chi connectivity index (χ4n) is 5.75. The van der Waals surface area contributed by atoms with Crippen LogP contribution in [0.1, 0.15) is 50.4 Å². The molecule has 0 radical (unpaired) electrons. The molecular weight excluding hydrogens is 520 g/mol. The van der Waals surface area contributed by atoms with Gasteiger partial charge in [0.25, 0.3) is 5.91 Å². The largest absolute Gasteiger partial charge is 0.444 e. The maximum atomic E-state index is 13.7. The number of hydrogen-bond donors (Lipinski definition) is 1. The third kappa shape index (κ3) is 5.53. The van der Waals surface area contributed by atoms with Crippen molar-refractivity contribution in [2.75, 3.05) is 20.2 Å². The number of piperidine rings is 1. The number of nitrogens with one attached hydrogen (secondary N) is 1. The van der Waals surface area contributed by atoms with E-state index >= 15 is 0 Å². The van der Waals surface area contributed by atoms with Crippen LogP contribution in [0.3, 0.4) is 0 Å². The van der Waals surface area contributed by atoms with E-state index < -0.39 is 11.7 Å². The smallest absolute Gasteiger partial charge is 0.408 e.